The second-order valence-electron chi connectivity index (χ2n) is 5.48. The molecule has 1 aromatic carbocycles. The van der Waals surface area contributed by atoms with Crippen LogP contribution < -0.4 is 10.6 Å². The van der Waals surface area contributed by atoms with Gasteiger partial charge < -0.3 is 10.6 Å². The summed E-state index contributed by atoms with van der Waals surface area (Å²) < 4.78 is 0.425. The summed E-state index contributed by atoms with van der Waals surface area (Å²) in [6, 6.07) is 4.39. The molecule has 0 atom stereocenters. The highest BCUT2D eigenvalue weighted by molar-refractivity contribution is 9.10. The van der Waals surface area contributed by atoms with Gasteiger partial charge in [0, 0.05) is 22.6 Å². The Bertz CT molecular complexity index is 633. The number of non-ortho nitro benzene ring substituents is 1. The van der Waals surface area contributed by atoms with Gasteiger partial charge >= 0.3 is 0 Å². The summed E-state index contributed by atoms with van der Waals surface area (Å²) in [5, 5.41) is 16.2. The molecule has 0 unspecified atom stereocenters. The molecule has 1 saturated carbocycles. The molecule has 2 N–H and O–H groups in total. The number of rotatable bonds is 7. The van der Waals surface area contributed by atoms with Crippen molar-refractivity contribution < 1.29 is 14.5 Å². The second-order valence-corrected chi connectivity index (χ2v) is 6.34. The Hall–Kier alpha value is -2.00. The number of carbonyl (C=O) groups excluding carboxylic acids is 2. The number of nitrogens with one attached hydrogen (secondary N) is 2. The molecular weight excluding hydrogens is 368 g/mol. The molecule has 8 nitrogen and oxygen atoms in total. The molecule has 0 spiro atoms. The summed E-state index contributed by atoms with van der Waals surface area (Å²) in [6.07, 6.45) is 2.04. The number of amides is 2. The van der Waals surface area contributed by atoms with Crippen LogP contribution in [0.15, 0.2) is 22.7 Å². The molecule has 0 aromatic heterocycles. The topological polar surface area (TPSA) is 105 Å². The van der Waals surface area contributed by atoms with Crippen LogP contribution in [-0.4, -0.2) is 47.8 Å². The predicted molar refractivity (Wildman–Crippen MR) is 88.1 cm³/mol. The standard InChI is InChI=1S/C14H17BrN4O4/c1-18(7-13(20)16-9-2-3-9)8-14(21)17-12-5-4-10(19(22)23)6-11(12)15/h4-6,9H,2-3,7-8H2,1H3,(H,16,20)(H,17,21). The smallest absolute Gasteiger partial charge is 0.270 e. The second kappa shape index (κ2) is 7.51. The van der Waals surface area contributed by atoms with Gasteiger partial charge in [0.2, 0.25) is 11.8 Å². The van der Waals surface area contributed by atoms with Gasteiger partial charge in [-0.25, -0.2) is 0 Å². The molecule has 2 amide bonds. The van der Waals surface area contributed by atoms with Crippen molar-refractivity contribution in [2.24, 2.45) is 0 Å². The molecule has 0 heterocycles. The number of nitro benzene ring substituents is 1. The van der Waals surface area contributed by atoms with E-state index < -0.39 is 4.92 Å². The van der Waals surface area contributed by atoms with Crippen molar-refractivity contribution in [3.8, 4) is 0 Å². The average Bonchev–Trinajstić information content (AvgIpc) is 3.24. The Balaban J connectivity index is 1.83. The predicted octanol–water partition coefficient (Wildman–Crippen LogP) is 1.51. The number of hydrogen-bond donors (Lipinski definition) is 2. The van der Waals surface area contributed by atoms with Crippen LogP contribution >= 0.6 is 15.9 Å². The van der Waals surface area contributed by atoms with E-state index in [1.807, 2.05) is 0 Å². The van der Waals surface area contributed by atoms with Gasteiger partial charge in [0.15, 0.2) is 0 Å². The fraction of sp³-hybridized carbons (Fsp3) is 0.429. The van der Waals surface area contributed by atoms with Gasteiger partial charge in [-0.1, -0.05) is 0 Å². The zero-order valence-corrected chi connectivity index (χ0v) is 14.1. The molecular formula is C14H17BrN4O4. The van der Waals surface area contributed by atoms with E-state index in [1.54, 1.807) is 11.9 Å². The van der Waals surface area contributed by atoms with E-state index in [-0.39, 0.29) is 30.6 Å². The van der Waals surface area contributed by atoms with Gasteiger partial charge in [-0.05, 0) is 41.9 Å². The third-order valence-electron chi connectivity index (χ3n) is 3.21. The molecule has 9 heteroatoms. The molecule has 1 aliphatic rings. The van der Waals surface area contributed by atoms with Gasteiger partial charge in [-0.15, -0.1) is 0 Å². The number of benzene rings is 1. The molecule has 124 valence electrons. The lowest BCUT2D eigenvalue weighted by molar-refractivity contribution is -0.384. The fourth-order valence-electron chi connectivity index (χ4n) is 1.96. The van der Waals surface area contributed by atoms with Crippen molar-refractivity contribution in [2.45, 2.75) is 18.9 Å². The van der Waals surface area contributed by atoms with Gasteiger partial charge in [-0.3, -0.25) is 24.6 Å². The lowest BCUT2D eigenvalue weighted by atomic mass is 10.3. The summed E-state index contributed by atoms with van der Waals surface area (Å²) in [6.45, 7) is 0.187. The molecule has 1 fully saturated rings. The highest BCUT2D eigenvalue weighted by atomic mass is 79.9. The first kappa shape index (κ1) is 17.4. The molecule has 0 radical (unpaired) electrons. The summed E-state index contributed by atoms with van der Waals surface area (Å²) in [5.74, 6) is -0.402. The fourth-order valence-corrected chi connectivity index (χ4v) is 2.42. The molecule has 0 saturated heterocycles. The van der Waals surface area contributed by atoms with Crippen LogP contribution in [0.1, 0.15) is 12.8 Å². The number of anilines is 1. The van der Waals surface area contributed by atoms with E-state index in [4.69, 9.17) is 0 Å². The van der Waals surface area contributed by atoms with E-state index in [0.29, 0.717) is 16.2 Å². The van der Waals surface area contributed by atoms with Gasteiger partial charge in [-0.2, -0.15) is 0 Å². The minimum Gasteiger partial charge on any atom is -0.352 e. The Morgan fingerprint density at radius 3 is 2.57 bits per heavy atom. The van der Waals surface area contributed by atoms with Crippen LogP contribution in [0, 0.1) is 10.1 Å². The summed E-state index contributed by atoms with van der Waals surface area (Å²) in [4.78, 5) is 35.4. The number of likely N-dealkylation sites (N-methyl/N-ethyl adjacent to an activating group) is 1. The van der Waals surface area contributed by atoms with Crippen LogP contribution in [0.4, 0.5) is 11.4 Å². The normalized spacial score (nSPS) is 13.7. The maximum absolute atomic E-state index is 12.0. The molecule has 1 aliphatic carbocycles. The Kier molecular flexibility index (Phi) is 5.67. The minimum absolute atomic E-state index is 0.0432. The largest absolute Gasteiger partial charge is 0.352 e. The van der Waals surface area contributed by atoms with Crippen LogP contribution in [0.5, 0.6) is 0 Å². The summed E-state index contributed by atoms with van der Waals surface area (Å²) >= 11 is 3.19. The van der Waals surface area contributed by atoms with E-state index in [0.717, 1.165) is 12.8 Å². The summed E-state index contributed by atoms with van der Waals surface area (Å²) in [5.41, 5.74) is 0.375. The van der Waals surface area contributed by atoms with Crippen molar-refractivity contribution in [3.63, 3.8) is 0 Å². The monoisotopic (exact) mass is 384 g/mol. The van der Waals surface area contributed by atoms with Crippen molar-refractivity contribution in [1.29, 1.82) is 0 Å². The zero-order chi connectivity index (χ0) is 17.0. The maximum atomic E-state index is 12.0. The SMILES string of the molecule is CN(CC(=O)Nc1ccc([N+](=O)[O-])cc1Br)CC(=O)NC1CC1. The van der Waals surface area contributed by atoms with Crippen LogP contribution in [-0.2, 0) is 9.59 Å². The quantitative estimate of drug-likeness (QED) is 0.547. The molecule has 1 aromatic rings. The molecule has 0 bridgehead atoms. The highest BCUT2D eigenvalue weighted by Gasteiger charge is 2.23. The number of nitro groups is 1. The van der Waals surface area contributed by atoms with Gasteiger partial charge in [0.1, 0.15) is 0 Å². The van der Waals surface area contributed by atoms with Crippen LogP contribution in [0.2, 0.25) is 0 Å². The lowest BCUT2D eigenvalue weighted by Crippen LogP contribution is -2.39. The Labute approximate surface area is 141 Å². The Morgan fingerprint density at radius 1 is 1.35 bits per heavy atom. The third kappa shape index (κ3) is 5.61. The van der Waals surface area contributed by atoms with Crippen molar-refractivity contribution in [2.75, 3.05) is 25.5 Å². The summed E-state index contributed by atoms with van der Waals surface area (Å²) in [7, 11) is 1.68. The number of halogens is 1. The first-order valence-corrected chi connectivity index (χ1v) is 7.86. The minimum atomic E-state index is -0.511. The van der Waals surface area contributed by atoms with Gasteiger partial charge in [0.25, 0.3) is 5.69 Å². The first-order valence-electron chi connectivity index (χ1n) is 7.07. The number of hydrogen-bond acceptors (Lipinski definition) is 5. The van der Waals surface area contributed by atoms with Crippen LogP contribution in [0.3, 0.4) is 0 Å². The van der Waals surface area contributed by atoms with Gasteiger partial charge in [0.05, 0.1) is 23.7 Å². The van der Waals surface area contributed by atoms with Crippen LogP contribution in [0.25, 0.3) is 0 Å². The van der Waals surface area contributed by atoms with E-state index in [1.165, 1.54) is 18.2 Å². The van der Waals surface area contributed by atoms with Crippen molar-refractivity contribution in [3.05, 3.63) is 32.8 Å². The van der Waals surface area contributed by atoms with Crippen molar-refractivity contribution >= 4 is 39.1 Å². The zero-order valence-electron chi connectivity index (χ0n) is 12.5. The average molecular weight is 385 g/mol. The van der Waals surface area contributed by atoms with Crippen molar-refractivity contribution in [1.82, 2.24) is 10.2 Å². The molecule has 23 heavy (non-hydrogen) atoms. The van der Waals surface area contributed by atoms with E-state index in [2.05, 4.69) is 26.6 Å². The molecule has 2 rings (SSSR count). The van der Waals surface area contributed by atoms with E-state index in [9.17, 15) is 19.7 Å². The Morgan fingerprint density at radius 2 is 2.00 bits per heavy atom. The highest BCUT2D eigenvalue weighted by Crippen LogP contribution is 2.27. The first-order chi connectivity index (χ1) is 10.8. The number of nitrogens with zero attached hydrogens (tertiary/aromatic N) is 2. The van der Waals surface area contributed by atoms with E-state index >= 15 is 0 Å². The third-order valence-corrected chi connectivity index (χ3v) is 3.86. The molecule has 0 aliphatic heterocycles. The maximum Gasteiger partial charge on any atom is 0.270 e. The lowest BCUT2D eigenvalue weighted by Gasteiger charge is -2.16. The number of carbonyl (C=O) groups is 2.